The SMILES string of the molecule is CCCCCC(C(=O)O)C(=O)O.[H-].[H-].[Mg+2]. The van der Waals surface area contributed by atoms with Crippen molar-refractivity contribution in [2.45, 2.75) is 32.6 Å². The number of carbonyl (C=O) groups is 2. The summed E-state index contributed by atoms with van der Waals surface area (Å²) in [7, 11) is 0. The van der Waals surface area contributed by atoms with Crippen LogP contribution in [-0.2, 0) is 9.59 Å². The molecule has 0 atom stereocenters. The van der Waals surface area contributed by atoms with Gasteiger partial charge in [0.25, 0.3) is 0 Å². The number of unbranched alkanes of at least 4 members (excludes halogenated alkanes) is 2. The largest absolute Gasteiger partial charge is 2.00 e. The van der Waals surface area contributed by atoms with Crippen LogP contribution in [0.15, 0.2) is 0 Å². The maximum absolute atomic E-state index is 10.4. The number of carboxylic acid groups (broad SMARTS) is 2. The summed E-state index contributed by atoms with van der Waals surface area (Å²) in [6.45, 7) is 1.98. The summed E-state index contributed by atoms with van der Waals surface area (Å²) in [5.74, 6) is -3.70. The normalized spacial score (nSPS) is 9.38. The predicted molar refractivity (Wildman–Crippen MR) is 50.9 cm³/mol. The molecule has 74 valence electrons. The van der Waals surface area contributed by atoms with Crippen LogP contribution in [0.1, 0.15) is 35.5 Å². The smallest absolute Gasteiger partial charge is 1.00 e. The van der Waals surface area contributed by atoms with E-state index in [1.807, 2.05) is 6.92 Å². The average Bonchev–Trinajstić information content (AvgIpc) is 1.96. The van der Waals surface area contributed by atoms with E-state index in [-0.39, 0.29) is 32.3 Å². The molecule has 0 radical (unpaired) electrons. The van der Waals surface area contributed by atoms with E-state index in [9.17, 15) is 9.59 Å². The van der Waals surface area contributed by atoms with Crippen molar-refractivity contribution >= 4 is 35.0 Å². The Balaban J connectivity index is -0.000000202. The van der Waals surface area contributed by atoms with E-state index in [0.717, 1.165) is 12.8 Å². The predicted octanol–water partition coefficient (Wildman–Crippen LogP) is 1.20. The zero-order chi connectivity index (χ0) is 9.56. The molecule has 0 unspecified atom stereocenters. The van der Waals surface area contributed by atoms with Gasteiger partial charge in [-0.3, -0.25) is 9.59 Å². The minimum absolute atomic E-state index is 0. The van der Waals surface area contributed by atoms with Gasteiger partial charge in [0.15, 0.2) is 5.92 Å². The monoisotopic (exact) mass is 200 g/mol. The second-order valence-corrected chi connectivity index (χ2v) is 2.72. The van der Waals surface area contributed by atoms with E-state index in [2.05, 4.69) is 0 Å². The van der Waals surface area contributed by atoms with Gasteiger partial charge < -0.3 is 13.1 Å². The van der Waals surface area contributed by atoms with Gasteiger partial charge in [0.2, 0.25) is 0 Å². The molecule has 0 rings (SSSR count). The Morgan fingerprint density at radius 1 is 1.23 bits per heavy atom. The van der Waals surface area contributed by atoms with Gasteiger partial charge in [0.1, 0.15) is 0 Å². The molecule has 0 aliphatic heterocycles. The zero-order valence-corrected chi connectivity index (χ0v) is 9.24. The molecule has 0 spiro atoms. The van der Waals surface area contributed by atoms with Crippen LogP contribution in [-0.4, -0.2) is 45.2 Å². The van der Waals surface area contributed by atoms with Gasteiger partial charge in [-0.2, -0.15) is 0 Å². The summed E-state index contributed by atoms with van der Waals surface area (Å²) in [6.07, 6.45) is 2.75. The van der Waals surface area contributed by atoms with Gasteiger partial charge in [-0.1, -0.05) is 26.2 Å². The van der Waals surface area contributed by atoms with E-state index in [1.165, 1.54) is 0 Å². The van der Waals surface area contributed by atoms with E-state index < -0.39 is 17.9 Å². The molecular formula is C8H16MgO4. The van der Waals surface area contributed by atoms with Crippen molar-refractivity contribution in [3.8, 4) is 0 Å². The quantitative estimate of drug-likeness (QED) is 0.384. The number of carboxylic acids is 2. The van der Waals surface area contributed by atoms with Crippen LogP contribution in [0.3, 0.4) is 0 Å². The molecule has 4 nitrogen and oxygen atoms in total. The Kier molecular flexibility index (Phi) is 9.71. The van der Waals surface area contributed by atoms with Crippen molar-refractivity contribution in [2.75, 3.05) is 0 Å². The average molecular weight is 201 g/mol. The number of hydrogen-bond donors (Lipinski definition) is 2. The van der Waals surface area contributed by atoms with Crippen LogP contribution in [0, 0.1) is 5.92 Å². The van der Waals surface area contributed by atoms with Crippen LogP contribution >= 0.6 is 0 Å². The Morgan fingerprint density at radius 2 is 1.69 bits per heavy atom. The van der Waals surface area contributed by atoms with Crippen molar-refractivity contribution in [3.63, 3.8) is 0 Å². The summed E-state index contributed by atoms with van der Waals surface area (Å²) in [5.41, 5.74) is 0. The van der Waals surface area contributed by atoms with E-state index in [4.69, 9.17) is 10.2 Å². The zero-order valence-electron chi connectivity index (χ0n) is 9.82. The third-order valence-electron chi connectivity index (χ3n) is 1.69. The van der Waals surface area contributed by atoms with Crippen molar-refractivity contribution in [2.24, 2.45) is 5.92 Å². The molecular weight excluding hydrogens is 184 g/mol. The first-order chi connectivity index (χ1) is 5.59. The molecule has 0 fully saturated rings. The maximum Gasteiger partial charge on any atom is 2.00 e. The molecule has 5 heteroatoms. The molecule has 0 bridgehead atoms. The number of hydrogen-bond acceptors (Lipinski definition) is 2. The van der Waals surface area contributed by atoms with E-state index in [1.54, 1.807) is 0 Å². The minimum atomic E-state index is -1.24. The molecule has 0 heterocycles. The van der Waals surface area contributed by atoms with Crippen molar-refractivity contribution in [1.29, 1.82) is 0 Å². The van der Waals surface area contributed by atoms with Gasteiger partial charge in [0, 0.05) is 0 Å². The van der Waals surface area contributed by atoms with Gasteiger partial charge in [0.05, 0.1) is 0 Å². The van der Waals surface area contributed by atoms with Gasteiger partial charge in [-0.25, -0.2) is 0 Å². The third kappa shape index (κ3) is 6.83. The summed E-state index contributed by atoms with van der Waals surface area (Å²) >= 11 is 0. The van der Waals surface area contributed by atoms with E-state index >= 15 is 0 Å². The first-order valence-corrected chi connectivity index (χ1v) is 4.05. The molecule has 0 aliphatic rings. The summed E-state index contributed by atoms with van der Waals surface area (Å²) < 4.78 is 0. The van der Waals surface area contributed by atoms with Crippen LogP contribution in [0.4, 0.5) is 0 Å². The maximum atomic E-state index is 10.4. The van der Waals surface area contributed by atoms with Crippen LogP contribution in [0.25, 0.3) is 0 Å². The van der Waals surface area contributed by atoms with Crippen LogP contribution in [0.2, 0.25) is 0 Å². The third-order valence-corrected chi connectivity index (χ3v) is 1.69. The molecule has 0 aromatic heterocycles. The number of aliphatic carboxylic acids is 2. The minimum Gasteiger partial charge on any atom is -1.00 e. The molecule has 0 aromatic carbocycles. The Hall–Kier alpha value is -0.294. The molecule has 0 saturated carbocycles. The fourth-order valence-corrected chi connectivity index (χ4v) is 0.951. The Morgan fingerprint density at radius 3 is 2.00 bits per heavy atom. The fourth-order valence-electron chi connectivity index (χ4n) is 0.951. The second kappa shape index (κ2) is 8.31. The van der Waals surface area contributed by atoms with Gasteiger partial charge in [-0.15, -0.1) is 0 Å². The van der Waals surface area contributed by atoms with Crippen molar-refractivity contribution < 1.29 is 22.7 Å². The topological polar surface area (TPSA) is 74.6 Å². The molecule has 0 amide bonds. The summed E-state index contributed by atoms with van der Waals surface area (Å²) in [4.78, 5) is 20.7. The van der Waals surface area contributed by atoms with Crippen molar-refractivity contribution in [3.05, 3.63) is 0 Å². The standard InChI is InChI=1S/C8H14O4.Mg.2H/c1-2-3-4-5-6(7(9)10)8(11)12;;;/h6H,2-5H2,1H3,(H,9,10)(H,11,12);;;/q;+2;2*-1. The van der Waals surface area contributed by atoms with E-state index in [0.29, 0.717) is 6.42 Å². The molecule has 2 N–H and O–H groups in total. The van der Waals surface area contributed by atoms with Gasteiger partial charge >= 0.3 is 35.0 Å². The first kappa shape index (κ1) is 15.2. The molecule has 13 heavy (non-hydrogen) atoms. The Bertz CT molecular complexity index is 164. The summed E-state index contributed by atoms with van der Waals surface area (Å²) in [6, 6.07) is 0. The van der Waals surface area contributed by atoms with Crippen LogP contribution in [0.5, 0.6) is 0 Å². The molecule has 0 aromatic rings. The second-order valence-electron chi connectivity index (χ2n) is 2.72. The molecule has 0 saturated heterocycles. The first-order valence-electron chi connectivity index (χ1n) is 4.05. The Labute approximate surface area is 96.4 Å². The molecule has 0 aliphatic carbocycles. The number of rotatable bonds is 6. The van der Waals surface area contributed by atoms with Crippen molar-refractivity contribution in [1.82, 2.24) is 0 Å². The fraction of sp³-hybridized carbons (Fsp3) is 0.750. The summed E-state index contributed by atoms with van der Waals surface area (Å²) in [5, 5.41) is 16.9. The van der Waals surface area contributed by atoms with Crippen LogP contribution < -0.4 is 0 Å². The van der Waals surface area contributed by atoms with Gasteiger partial charge in [-0.05, 0) is 6.42 Å².